The van der Waals surface area contributed by atoms with Crippen LogP contribution in [0.2, 0.25) is 0 Å². The minimum absolute atomic E-state index is 0.0279. The Labute approximate surface area is 185 Å². The average molecular weight is 433 g/mol. The van der Waals surface area contributed by atoms with Gasteiger partial charge in [-0.05, 0) is 45.5 Å². The van der Waals surface area contributed by atoms with Gasteiger partial charge < -0.3 is 10.5 Å². The minimum atomic E-state index is -4.68. The molecule has 0 amide bonds. The Morgan fingerprint density at radius 3 is 1.34 bits per heavy atom. The van der Waals surface area contributed by atoms with E-state index in [9.17, 15) is 13.2 Å². The molecule has 0 radical (unpaired) electrons. The summed E-state index contributed by atoms with van der Waals surface area (Å²) in [5, 5.41) is 0. The Morgan fingerprint density at radius 1 is 0.562 bits per heavy atom. The van der Waals surface area contributed by atoms with Crippen LogP contribution in [0.25, 0.3) is 22.3 Å². The summed E-state index contributed by atoms with van der Waals surface area (Å²) in [6, 6.07) is 29.8. The molecule has 32 heavy (non-hydrogen) atoms. The zero-order valence-electron chi connectivity index (χ0n) is 17.4. The van der Waals surface area contributed by atoms with Crippen LogP contribution in [-0.2, 0) is 5.54 Å². The maximum Gasteiger partial charge on any atom is 0.414 e. The van der Waals surface area contributed by atoms with Crippen LogP contribution in [0.3, 0.4) is 0 Å². The molecule has 2 nitrogen and oxygen atoms in total. The fraction of sp³-hybridized carbons (Fsp3) is 0.111. The molecule has 0 aliphatic rings. The number of halogens is 3. The summed E-state index contributed by atoms with van der Waals surface area (Å²) in [6.45, 7) is 0. The van der Waals surface area contributed by atoms with Gasteiger partial charge in [-0.3, -0.25) is 0 Å². The van der Waals surface area contributed by atoms with Crippen molar-refractivity contribution in [3.8, 4) is 28.0 Å². The van der Waals surface area contributed by atoms with Crippen molar-refractivity contribution in [1.82, 2.24) is 0 Å². The number of alkyl halides is 3. The standard InChI is InChI=1S/C27H22F3NO/c1-32-25-17-15-24(16-18-25)26(31,27(28,29)30)23-13-11-22(12-14-23)21-9-7-20(8-10-21)19-5-3-2-4-6-19/h2-18H,31H2,1H3/t26-/m1/s1. The summed E-state index contributed by atoms with van der Waals surface area (Å²) in [4.78, 5) is 0. The SMILES string of the molecule is COc1ccc([C@](N)(c2ccc(-c3ccc(-c4ccccc4)cc3)cc2)C(F)(F)F)cc1. The lowest BCUT2D eigenvalue weighted by molar-refractivity contribution is -0.176. The van der Waals surface area contributed by atoms with E-state index in [2.05, 4.69) is 0 Å². The molecule has 4 aromatic carbocycles. The average Bonchev–Trinajstić information content (AvgIpc) is 2.84. The molecule has 0 aromatic heterocycles. The molecule has 2 N–H and O–H groups in total. The maximum absolute atomic E-state index is 14.1. The number of benzene rings is 4. The van der Waals surface area contributed by atoms with Crippen LogP contribution in [0.15, 0.2) is 103 Å². The second-order valence-electron chi connectivity index (χ2n) is 7.55. The van der Waals surface area contributed by atoms with Crippen molar-refractivity contribution in [3.05, 3.63) is 114 Å². The van der Waals surface area contributed by atoms with E-state index in [0.29, 0.717) is 5.75 Å². The van der Waals surface area contributed by atoms with Gasteiger partial charge in [-0.2, -0.15) is 13.2 Å². The van der Waals surface area contributed by atoms with Crippen molar-refractivity contribution < 1.29 is 17.9 Å². The second kappa shape index (κ2) is 8.52. The highest BCUT2D eigenvalue weighted by atomic mass is 19.4. The highest BCUT2D eigenvalue weighted by Gasteiger charge is 2.54. The van der Waals surface area contributed by atoms with Crippen LogP contribution in [0.1, 0.15) is 11.1 Å². The van der Waals surface area contributed by atoms with Crippen molar-refractivity contribution in [3.63, 3.8) is 0 Å². The second-order valence-corrected chi connectivity index (χ2v) is 7.55. The largest absolute Gasteiger partial charge is 0.497 e. The monoisotopic (exact) mass is 433 g/mol. The molecule has 0 saturated carbocycles. The fourth-order valence-electron chi connectivity index (χ4n) is 3.76. The van der Waals surface area contributed by atoms with E-state index in [-0.39, 0.29) is 11.1 Å². The van der Waals surface area contributed by atoms with Gasteiger partial charge in [0.1, 0.15) is 5.75 Å². The first-order valence-corrected chi connectivity index (χ1v) is 10.1. The number of ether oxygens (including phenoxy) is 1. The van der Waals surface area contributed by atoms with Gasteiger partial charge in [0.05, 0.1) is 7.11 Å². The Kier molecular flexibility index (Phi) is 5.76. The molecule has 162 valence electrons. The lowest BCUT2D eigenvalue weighted by atomic mass is 9.82. The van der Waals surface area contributed by atoms with E-state index < -0.39 is 11.7 Å². The summed E-state index contributed by atoms with van der Waals surface area (Å²) in [6.07, 6.45) is -4.68. The fourth-order valence-corrected chi connectivity index (χ4v) is 3.76. The topological polar surface area (TPSA) is 35.2 Å². The molecule has 0 heterocycles. The summed E-state index contributed by atoms with van der Waals surface area (Å²) in [5.41, 5.74) is 7.21. The van der Waals surface area contributed by atoms with Crippen LogP contribution < -0.4 is 10.5 Å². The molecule has 5 heteroatoms. The van der Waals surface area contributed by atoms with Gasteiger partial charge in [0.2, 0.25) is 0 Å². The first-order valence-electron chi connectivity index (χ1n) is 10.1. The van der Waals surface area contributed by atoms with Crippen molar-refractivity contribution in [1.29, 1.82) is 0 Å². The third-order valence-electron chi connectivity index (χ3n) is 5.66. The van der Waals surface area contributed by atoms with E-state index in [4.69, 9.17) is 10.5 Å². The first kappa shape index (κ1) is 21.7. The summed E-state index contributed by atoms with van der Waals surface area (Å²) >= 11 is 0. The quantitative estimate of drug-likeness (QED) is 0.376. The van der Waals surface area contributed by atoms with E-state index in [1.54, 1.807) is 12.1 Å². The Hall–Kier alpha value is -3.57. The molecule has 0 aliphatic heterocycles. The lowest BCUT2D eigenvalue weighted by Crippen LogP contribution is -2.51. The summed E-state index contributed by atoms with van der Waals surface area (Å²) in [5.74, 6) is 0.465. The van der Waals surface area contributed by atoms with Crippen LogP contribution in [-0.4, -0.2) is 13.3 Å². The van der Waals surface area contributed by atoms with Crippen molar-refractivity contribution in [2.45, 2.75) is 11.7 Å². The normalized spacial score (nSPS) is 13.4. The van der Waals surface area contributed by atoms with E-state index in [1.807, 2.05) is 54.6 Å². The van der Waals surface area contributed by atoms with Gasteiger partial charge in [0, 0.05) is 0 Å². The van der Waals surface area contributed by atoms with Gasteiger partial charge in [0.15, 0.2) is 5.54 Å². The molecule has 0 saturated heterocycles. The third kappa shape index (κ3) is 3.99. The predicted octanol–water partition coefficient (Wildman–Crippen LogP) is 6.79. The molecule has 0 unspecified atom stereocenters. The van der Waals surface area contributed by atoms with Gasteiger partial charge >= 0.3 is 6.18 Å². The molecular weight excluding hydrogens is 411 g/mol. The zero-order valence-corrected chi connectivity index (χ0v) is 17.4. The van der Waals surface area contributed by atoms with Crippen LogP contribution in [0.5, 0.6) is 5.75 Å². The zero-order chi connectivity index (χ0) is 22.8. The number of methoxy groups -OCH3 is 1. The van der Waals surface area contributed by atoms with Crippen molar-refractivity contribution >= 4 is 0 Å². The molecule has 4 aromatic rings. The first-order chi connectivity index (χ1) is 15.3. The summed E-state index contributed by atoms with van der Waals surface area (Å²) < 4.78 is 47.4. The van der Waals surface area contributed by atoms with E-state index in [0.717, 1.165) is 22.3 Å². The maximum atomic E-state index is 14.1. The van der Waals surface area contributed by atoms with E-state index in [1.165, 1.54) is 43.5 Å². The molecule has 0 bridgehead atoms. The number of hydrogen-bond acceptors (Lipinski definition) is 2. The number of rotatable bonds is 5. The van der Waals surface area contributed by atoms with E-state index >= 15 is 0 Å². The molecule has 1 atom stereocenters. The smallest absolute Gasteiger partial charge is 0.414 e. The predicted molar refractivity (Wildman–Crippen MR) is 121 cm³/mol. The van der Waals surface area contributed by atoms with Gasteiger partial charge in [-0.15, -0.1) is 0 Å². The van der Waals surface area contributed by atoms with Crippen LogP contribution in [0, 0.1) is 0 Å². The highest BCUT2D eigenvalue weighted by Crippen LogP contribution is 2.43. The Morgan fingerprint density at radius 2 is 0.938 bits per heavy atom. The molecular formula is C27H22F3NO. The number of hydrogen-bond donors (Lipinski definition) is 1. The third-order valence-corrected chi connectivity index (χ3v) is 5.66. The van der Waals surface area contributed by atoms with Crippen molar-refractivity contribution in [2.75, 3.05) is 7.11 Å². The summed E-state index contributed by atoms with van der Waals surface area (Å²) in [7, 11) is 1.46. The van der Waals surface area contributed by atoms with Gasteiger partial charge in [0.25, 0.3) is 0 Å². The van der Waals surface area contributed by atoms with Crippen molar-refractivity contribution in [2.24, 2.45) is 5.73 Å². The molecule has 0 fully saturated rings. The number of nitrogens with two attached hydrogens (primary N) is 1. The minimum Gasteiger partial charge on any atom is -0.497 e. The molecule has 0 aliphatic carbocycles. The van der Waals surface area contributed by atoms with Gasteiger partial charge in [-0.25, -0.2) is 0 Å². The Bertz CT molecular complexity index is 1170. The lowest BCUT2D eigenvalue weighted by Gasteiger charge is -2.33. The van der Waals surface area contributed by atoms with Crippen LogP contribution >= 0.6 is 0 Å². The Balaban J connectivity index is 1.66. The van der Waals surface area contributed by atoms with Crippen LogP contribution in [0.4, 0.5) is 13.2 Å². The highest BCUT2D eigenvalue weighted by molar-refractivity contribution is 5.70. The molecule has 4 rings (SSSR count). The molecule has 0 spiro atoms. The van der Waals surface area contributed by atoms with Gasteiger partial charge in [-0.1, -0.05) is 91.0 Å².